The van der Waals surface area contributed by atoms with Gasteiger partial charge in [0.15, 0.2) is 0 Å². The number of morpholine rings is 1. The van der Waals surface area contributed by atoms with E-state index in [4.69, 9.17) is 4.74 Å². The number of ether oxygens (including phenoxy) is 1. The minimum atomic E-state index is -4.50. The third kappa shape index (κ3) is 4.75. The van der Waals surface area contributed by atoms with Gasteiger partial charge in [-0.1, -0.05) is 24.3 Å². The number of likely N-dealkylation sites (N-methyl/N-ethyl adjacent to an activating group) is 1. The Bertz CT molecular complexity index is 1120. The molecule has 164 valence electrons. The molecule has 1 saturated heterocycles. The average molecular weight is 431 g/mol. The van der Waals surface area contributed by atoms with Crippen LogP contribution < -0.4 is 10.5 Å². The van der Waals surface area contributed by atoms with Crippen LogP contribution in [0.15, 0.2) is 53.3 Å². The Morgan fingerprint density at radius 1 is 1.10 bits per heavy atom. The molecular formula is C23H24F3N3O2. The second kappa shape index (κ2) is 8.72. The fraction of sp³-hybridized carbons (Fsp3) is 0.348. The Kier molecular flexibility index (Phi) is 6.02. The molecule has 2 heterocycles. The Balaban J connectivity index is 1.61. The summed E-state index contributed by atoms with van der Waals surface area (Å²) in [6.45, 7) is 4.99. The van der Waals surface area contributed by atoms with E-state index in [2.05, 4.69) is 14.8 Å². The third-order valence-corrected chi connectivity index (χ3v) is 5.65. The van der Waals surface area contributed by atoms with Crippen LogP contribution in [0.2, 0.25) is 0 Å². The van der Waals surface area contributed by atoms with E-state index in [9.17, 15) is 18.0 Å². The summed E-state index contributed by atoms with van der Waals surface area (Å²) in [5.41, 5.74) is -0.188. The lowest BCUT2D eigenvalue weighted by Crippen LogP contribution is -2.40. The van der Waals surface area contributed by atoms with Crippen molar-refractivity contribution in [2.24, 2.45) is 0 Å². The molecule has 0 aliphatic carbocycles. The van der Waals surface area contributed by atoms with Crippen molar-refractivity contribution in [1.82, 2.24) is 9.88 Å². The molecular weight excluding hydrogens is 407 g/mol. The van der Waals surface area contributed by atoms with Crippen LogP contribution in [0.1, 0.15) is 5.56 Å². The van der Waals surface area contributed by atoms with Crippen LogP contribution in [-0.2, 0) is 10.9 Å². The summed E-state index contributed by atoms with van der Waals surface area (Å²) in [5, 5.41) is 1.05. The number of hydrogen-bond donors (Lipinski definition) is 1. The highest BCUT2D eigenvalue weighted by molar-refractivity contribution is 5.88. The SMILES string of the molecule is CN(CCN1CCOCC1)c1ccc2cc(-c3ccccc3C(F)(F)F)[nH]c(=O)c2c1. The molecule has 0 radical (unpaired) electrons. The molecule has 1 fully saturated rings. The van der Waals surface area contributed by atoms with Crippen LogP contribution in [0.25, 0.3) is 22.0 Å². The lowest BCUT2D eigenvalue weighted by molar-refractivity contribution is -0.137. The average Bonchev–Trinajstić information content (AvgIpc) is 2.77. The maximum Gasteiger partial charge on any atom is 0.417 e. The van der Waals surface area contributed by atoms with Gasteiger partial charge in [0.25, 0.3) is 5.56 Å². The van der Waals surface area contributed by atoms with Crippen molar-refractivity contribution < 1.29 is 17.9 Å². The molecule has 5 nitrogen and oxygen atoms in total. The van der Waals surface area contributed by atoms with Gasteiger partial charge in [0.2, 0.25) is 0 Å². The van der Waals surface area contributed by atoms with E-state index in [-0.39, 0.29) is 11.3 Å². The monoisotopic (exact) mass is 431 g/mol. The molecule has 3 aromatic rings. The van der Waals surface area contributed by atoms with Crippen molar-refractivity contribution in [3.63, 3.8) is 0 Å². The van der Waals surface area contributed by atoms with Crippen LogP contribution in [0.4, 0.5) is 18.9 Å². The predicted octanol–water partition coefficient (Wildman–Crippen LogP) is 3.98. The number of aromatic nitrogens is 1. The molecule has 1 aromatic heterocycles. The minimum Gasteiger partial charge on any atom is -0.379 e. The topological polar surface area (TPSA) is 48.6 Å². The van der Waals surface area contributed by atoms with Gasteiger partial charge in [0.1, 0.15) is 0 Å². The summed E-state index contributed by atoms with van der Waals surface area (Å²) < 4.78 is 45.5. The van der Waals surface area contributed by atoms with Gasteiger partial charge in [0.05, 0.1) is 18.8 Å². The molecule has 1 aliphatic rings. The van der Waals surface area contributed by atoms with Gasteiger partial charge in [-0.25, -0.2) is 0 Å². The zero-order valence-electron chi connectivity index (χ0n) is 17.2. The second-order valence-corrected chi connectivity index (χ2v) is 7.70. The number of hydrogen-bond acceptors (Lipinski definition) is 4. The van der Waals surface area contributed by atoms with Crippen LogP contribution >= 0.6 is 0 Å². The van der Waals surface area contributed by atoms with Gasteiger partial charge in [-0.2, -0.15) is 13.2 Å². The molecule has 1 N–H and O–H groups in total. The van der Waals surface area contributed by atoms with Crippen molar-refractivity contribution >= 4 is 16.5 Å². The largest absolute Gasteiger partial charge is 0.417 e. The molecule has 8 heteroatoms. The fourth-order valence-corrected chi connectivity index (χ4v) is 3.84. The maximum absolute atomic E-state index is 13.4. The first kappa shape index (κ1) is 21.4. The van der Waals surface area contributed by atoms with E-state index < -0.39 is 17.3 Å². The zero-order chi connectivity index (χ0) is 22.0. The Morgan fingerprint density at radius 2 is 1.84 bits per heavy atom. The zero-order valence-corrected chi connectivity index (χ0v) is 17.2. The molecule has 0 spiro atoms. The molecule has 31 heavy (non-hydrogen) atoms. The molecule has 4 rings (SSSR count). The van der Waals surface area contributed by atoms with E-state index in [1.54, 1.807) is 18.2 Å². The van der Waals surface area contributed by atoms with Crippen LogP contribution in [-0.4, -0.2) is 56.3 Å². The highest BCUT2D eigenvalue weighted by Gasteiger charge is 2.33. The molecule has 0 unspecified atom stereocenters. The fourth-order valence-electron chi connectivity index (χ4n) is 3.84. The number of aromatic amines is 1. The molecule has 0 atom stereocenters. The lowest BCUT2D eigenvalue weighted by Gasteiger charge is -2.29. The smallest absolute Gasteiger partial charge is 0.379 e. The second-order valence-electron chi connectivity index (χ2n) is 7.70. The van der Waals surface area contributed by atoms with Crippen molar-refractivity contribution in [2.75, 3.05) is 51.3 Å². The highest BCUT2D eigenvalue weighted by atomic mass is 19.4. The highest BCUT2D eigenvalue weighted by Crippen LogP contribution is 2.36. The number of nitrogens with zero attached hydrogens (tertiary/aromatic N) is 2. The first-order valence-electron chi connectivity index (χ1n) is 10.2. The third-order valence-electron chi connectivity index (χ3n) is 5.65. The Labute approximate surface area is 178 Å². The molecule has 0 amide bonds. The van der Waals surface area contributed by atoms with Crippen LogP contribution in [0.3, 0.4) is 0 Å². The van der Waals surface area contributed by atoms with Crippen LogP contribution in [0.5, 0.6) is 0 Å². The summed E-state index contributed by atoms with van der Waals surface area (Å²) in [6, 6.07) is 12.3. The number of fused-ring (bicyclic) bond motifs is 1. The van der Waals surface area contributed by atoms with Crippen molar-refractivity contribution in [1.29, 1.82) is 0 Å². The molecule has 1 aliphatic heterocycles. The van der Waals surface area contributed by atoms with Gasteiger partial charge in [-0.3, -0.25) is 9.69 Å². The Morgan fingerprint density at radius 3 is 2.58 bits per heavy atom. The maximum atomic E-state index is 13.4. The van der Waals surface area contributed by atoms with E-state index in [0.717, 1.165) is 51.1 Å². The van der Waals surface area contributed by atoms with Gasteiger partial charge in [-0.05, 0) is 29.7 Å². The summed E-state index contributed by atoms with van der Waals surface area (Å²) in [6.07, 6.45) is -4.50. The summed E-state index contributed by atoms with van der Waals surface area (Å²) in [4.78, 5) is 19.8. The summed E-state index contributed by atoms with van der Waals surface area (Å²) in [7, 11) is 1.96. The molecule has 0 bridgehead atoms. The Hall–Kier alpha value is -2.84. The van der Waals surface area contributed by atoms with Crippen LogP contribution in [0, 0.1) is 0 Å². The predicted molar refractivity (Wildman–Crippen MR) is 116 cm³/mol. The standard InChI is InChI=1S/C23H24F3N3O2/c1-28(8-9-29-10-12-31-13-11-29)17-7-6-16-14-21(27-22(30)19(16)15-17)18-4-2-3-5-20(18)23(24,25)26/h2-7,14-15H,8-13H2,1H3,(H,27,30). The number of alkyl halides is 3. The first-order chi connectivity index (χ1) is 14.8. The normalized spacial score (nSPS) is 15.4. The number of H-pyrrole nitrogens is 1. The minimum absolute atomic E-state index is 0.0410. The number of pyridine rings is 1. The number of benzene rings is 2. The molecule has 2 aromatic carbocycles. The number of anilines is 1. The van der Waals surface area contributed by atoms with E-state index in [1.807, 2.05) is 13.1 Å². The first-order valence-corrected chi connectivity index (χ1v) is 10.2. The van der Waals surface area contributed by atoms with E-state index in [0.29, 0.717) is 10.8 Å². The quantitative estimate of drug-likeness (QED) is 0.664. The lowest BCUT2D eigenvalue weighted by atomic mass is 10.0. The van der Waals surface area contributed by atoms with Crippen molar-refractivity contribution in [2.45, 2.75) is 6.18 Å². The summed E-state index contributed by atoms with van der Waals surface area (Å²) >= 11 is 0. The van der Waals surface area contributed by atoms with Gasteiger partial charge in [-0.15, -0.1) is 0 Å². The van der Waals surface area contributed by atoms with Crippen molar-refractivity contribution in [3.05, 3.63) is 64.4 Å². The van der Waals surface area contributed by atoms with Gasteiger partial charge < -0.3 is 14.6 Å². The summed E-state index contributed by atoms with van der Waals surface area (Å²) in [5.74, 6) is 0. The van der Waals surface area contributed by atoms with Crippen molar-refractivity contribution in [3.8, 4) is 11.3 Å². The molecule has 0 saturated carbocycles. The number of rotatable bonds is 5. The number of nitrogens with one attached hydrogen (secondary N) is 1. The number of halogens is 3. The van der Waals surface area contributed by atoms with E-state index >= 15 is 0 Å². The van der Waals surface area contributed by atoms with E-state index in [1.165, 1.54) is 18.2 Å². The van der Waals surface area contributed by atoms with Gasteiger partial charge in [0, 0.05) is 55.6 Å². The van der Waals surface area contributed by atoms with Gasteiger partial charge >= 0.3 is 6.18 Å².